The van der Waals surface area contributed by atoms with Crippen LogP contribution in [0.25, 0.3) is 11.1 Å². The van der Waals surface area contributed by atoms with Gasteiger partial charge in [0.2, 0.25) is 0 Å². The number of rotatable bonds is 5. The van der Waals surface area contributed by atoms with Crippen LogP contribution in [0.4, 0.5) is 5.69 Å². The van der Waals surface area contributed by atoms with Gasteiger partial charge < -0.3 is 14.7 Å². The number of fused-ring (bicyclic) bond motifs is 1. The van der Waals surface area contributed by atoms with Crippen molar-refractivity contribution in [3.8, 4) is 16.9 Å². The second-order valence-corrected chi connectivity index (χ2v) is 6.34. The third-order valence-corrected chi connectivity index (χ3v) is 3.93. The van der Waals surface area contributed by atoms with Crippen LogP contribution in [0, 0.1) is 5.92 Å². The number of carboxylic acid groups (broad SMARTS) is 1. The molecule has 0 aliphatic carbocycles. The molecule has 0 saturated heterocycles. The lowest BCUT2D eigenvalue weighted by Gasteiger charge is -2.13. The van der Waals surface area contributed by atoms with Gasteiger partial charge in [-0.3, -0.25) is 4.79 Å². The highest BCUT2D eigenvalue weighted by atomic mass is 16.5. The number of benzene rings is 2. The lowest BCUT2D eigenvalue weighted by molar-refractivity contribution is -0.135. The number of carbonyl (C=O) groups is 1. The van der Waals surface area contributed by atoms with E-state index in [9.17, 15) is 4.79 Å². The Morgan fingerprint density at radius 2 is 1.87 bits per heavy atom. The minimum absolute atomic E-state index is 0.0454. The first-order valence-electron chi connectivity index (χ1n) is 7.86. The van der Waals surface area contributed by atoms with Gasteiger partial charge in [0.15, 0.2) is 6.73 Å². The van der Waals surface area contributed by atoms with E-state index < -0.39 is 5.97 Å². The SMILES string of the molecule is CC(C)Cc1ccc(-c2ccc3c(c2)OCN3CC(=O)O)cc1. The number of aliphatic carboxylic acids is 1. The largest absolute Gasteiger partial charge is 0.480 e. The zero-order valence-electron chi connectivity index (χ0n) is 13.5. The summed E-state index contributed by atoms with van der Waals surface area (Å²) in [6.45, 7) is 4.68. The van der Waals surface area contributed by atoms with Crippen molar-refractivity contribution in [1.82, 2.24) is 0 Å². The van der Waals surface area contributed by atoms with Gasteiger partial charge in [-0.2, -0.15) is 0 Å². The Labute approximate surface area is 136 Å². The smallest absolute Gasteiger partial charge is 0.323 e. The number of hydrogen-bond acceptors (Lipinski definition) is 3. The third-order valence-electron chi connectivity index (χ3n) is 3.93. The van der Waals surface area contributed by atoms with Crippen molar-refractivity contribution in [3.05, 3.63) is 48.0 Å². The number of ether oxygens (including phenoxy) is 1. The Kier molecular flexibility index (Phi) is 4.24. The van der Waals surface area contributed by atoms with Crippen LogP contribution in [0.5, 0.6) is 5.75 Å². The molecule has 0 radical (unpaired) electrons. The lowest BCUT2D eigenvalue weighted by atomic mass is 9.99. The third kappa shape index (κ3) is 3.47. The van der Waals surface area contributed by atoms with Crippen molar-refractivity contribution in [2.24, 2.45) is 5.92 Å². The van der Waals surface area contributed by atoms with Gasteiger partial charge in [-0.15, -0.1) is 0 Å². The topological polar surface area (TPSA) is 49.8 Å². The molecular formula is C19H21NO3. The summed E-state index contributed by atoms with van der Waals surface area (Å²) in [7, 11) is 0. The predicted molar refractivity (Wildman–Crippen MR) is 90.9 cm³/mol. The summed E-state index contributed by atoms with van der Waals surface area (Å²) in [6.07, 6.45) is 1.08. The molecule has 1 aliphatic rings. The molecule has 0 fully saturated rings. The zero-order chi connectivity index (χ0) is 16.4. The minimum Gasteiger partial charge on any atom is -0.480 e. The molecule has 0 aromatic heterocycles. The molecule has 23 heavy (non-hydrogen) atoms. The molecule has 0 atom stereocenters. The van der Waals surface area contributed by atoms with Crippen LogP contribution in [-0.2, 0) is 11.2 Å². The van der Waals surface area contributed by atoms with E-state index in [0.717, 1.165) is 29.0 Å². The lowest BCUT2D eigenvalue weighted by Crippen LogP contribution is -2.28. The molecule has 2 aromatic rings. The highest BCUT2D eigenvalue weighted by Gasteiger charge is 2.22. The number of anilines is 1. The average molecular weight is 311 g/mol. The molecule has 0 bridgehead atoms. The first kappa shape index (κ1) is 15.4. The van der Waals surface area contributed by atoms with Gasteiger partial charge in [0.1, 0.15) is 12.3 Å². The van der Waals surface area contributed by atoms with Crippen molar-refractivity contribution in [3.63, 3.8) is 0 Å². The van der Waals surface area contributed by atoms with Crippen molar-refractivity contribution >= 4 is 11.7 Å². The first-order valence-corrected chi connectivity index (χ1v) is 7.86. The van der Waals surface area contributed by atoms with E-state index in [2.05, 4.69) is 38.1 Å². The van der Waals surface area contributed by atoms with Gasteiger partial charge in [0.25, 0.3) is 0 Å². The maximum absolute atomic E-state index is 10.9. The average Bonchev–Trinajstić information content (AvgIpc) is 2.89. The normalized spacial score (nSPS) is 13.1. The Balaban J connectivity index is 1.81. The minimum atomic E-state index is -0.855. The molecule has 1 heterocycles. The van der Waals surface area contributed by atoms with E-state index in [1.807, 2.05) is 18.2 Å². The second-order valence-electron chi connectivity index (χ2n) is 6.34. The maximum Gasteiger partial charge on any atom is 0.323 e. The molecule has 120 valence electrons. The summed E-state index contributed by atoms with van der Waals surface area (Å²) in [5, 5.41) is 8.92. The summed E-state index contributed by atoms with van der Waals surface area (Å²) >= 11 is 0. The number of nitrogens with zero attached hydrogens (tertiary/aromatic N) is 1. The molecule has 0 spiro atoms. The van der Waals surface area contributed by atoms with E-state index >= 15 is 0 Å². The Bertz CT molecular complexity index is 707. The van der Waals surface area contributed by atoms with Gasteiger partial charge in [0, 0.05) is 0 Å². The van der Waals surface area contributed by atoms with Crippen LogP contribution in [0.2, 0.25) is 0 Å². The molecule has 0 unspecified atom stereocenters. The molecule has 1 aliphatic heterocycles. The first-order chi connectivity index (χ1) is 11.0. The predicted octanol–water partition coefficient (Wildman–Crippen LogP) is 3.79. The summed E-state index contributed by atoms with van der Waals surface area (Å²) in [5.74, 6) is 0.538. The van der Waals surface area contributed by atoms with E-state index in [-0.39, 0.29) is 6.54 Å². The van der Waals surface area contributed by atoms with Crippen LogP contribution in [0.1, 0.15) is 19.4 Å². The van der Waals surface area contributed by atoms with Gasteiger partial charge in [-0.05, 0) is 41.2 Å². The zero-order valence-corrected chi connectivity index (χ0v) is 13.5. The van der Waals surface area contributed by atoms with E-state index in [1.54, 1.807) is 4.90 Å². The molecule has 0 amide bonds. The van der Waals surface area contributed by atoms with Crippen molar-refractivity contribution in [2.75, 3.05) is 18.2 Å². The van der Waals surface area contributed by atoms with Crippen molar-refractivity contribution < 1.29 is 14.6 Å². The fourth-order valence-corrected chi connectivity index (χ4v) is 2.89. The van der Waals surface area contributed by atoms with Gasteiger partial charge >= 0.3 is 5.97 Å². The Morgan fingerprint density at radius 3 is 2.52 bits per heavy atom. The summed E-state index contributed by atoms with van der Waals surface area (Å²) in [4.78, 5) is 12.6. The molecular weight excluding hydrogens is 290 g/mol. The fraction of sp³-hybridized carbons (Fsp3) is 0.316. The standard InChI is InChI=1S/C19H21NO3/c1-13(2)9-14-3-5-15(6-4-14)16-7-8-17-18(10-16)23-12-20(17)11-19(21)22/h3-8,10,13H,9,11-12H2,1-2H3,(H,21,22). The van der Waals surface area contributed by atoms with Crippen molar-refractivity contribution in [1.29, 1.82) is 0 Å². The maximum atomic E-state index is 10.9. The van der Waals surface area contributed by atoms with Crippen LogP contribution in [-0.4, -0.2) is 24.4 Å². The van der Waals surface area contributed by atoms with Crippen molar-refractivity contribution in [2.45, 2.75) is 20.3 Å². The summed E-state index contributed by atoms with van der Waals surface area (Å²) in [5.41, 5.74) is 4.40. The Hall–Kier alpha value is -2.49. The van der Waals surface area contributed by atoms with Crippen LogP contribution in [0.15, 0.2) is 42.5 Å². The molecule has 4 nitrogen and oxygen atoms in total. The van der Waals surface area contributed by atoms with E-state index in [4.69, 9.17) is 9.84 Å². The molecule has 1 N–H and O–H groups in total. The summed E-state index contributed by atoms with van der Waals surface area (Å²) < 4.78 is 5.61. The second kappa shape index (κ2) is 6.32. The molecule has 4 heteroatoms. The highest BCUT2D eigenvalue weighted by molar-refractivity contribution is 5.78. The number of carboxylic acids is 1. The molecule has 0 saturated carbocycles. The number of hydrogen-bond donors (Lipinski definition) is 1. The van der Waals surface area contributed by atoms with Gasteiger partial charge in [-0.1, -0.05) is 44.2 Å². The fourth-order valence-electron chi connectivity index (χ4n) is 2.89. The van der Waals surface area contributed by atoms with Crippen LogP contribution < -0.4 is 9.64 Å². The monoisotopic (exact) mass is 311 g/mol. The Morgan fingerprint density at radius 1 is 1.17 bits per heavy atom. The molecule has 3 rings (SSSR count). The summed E-state index contributed by atoms with van der Waals surface area (Å²) in [6, 6.07) is 14.5. The van der Waals surface area contributed by atoms with E-state index in [0.29, 0.717) is 12.6 Å². The van der Waals surface area contributed by atoms with Crippen LogP contribution >= 0.6 is 0 Å². The van der Waals surface area contributed by atoms with Gasteiger partial charge in [-0.25, -0.2) is 0 Å². The highest BCUT2D eigenvalue weighted by Crippen LogP contribution is 2.37. The molecule has 2 aromatic carbocycles. The van der Waals surface area contributed by atoms with E-state index in [1.165, 1.54) is 5.56 Å². The van der Waals surface area contributed by atoms with Gasteiger partial charge in [0.05, 0.1) is 5.69 Å². The quantitative estimate of drug-likeness (QED) is 0.912. The van der Waals surface area contributed by atoms with Crippen LogP contribution in [0.3, 0.4) is 0 Å².